The van der Waals surface area contributed by atoms with Crippen LogP contribution in [0.1, 0.15) is 290 Å². The van der Waals surface area contributed by atoms with E-state index >= 15 is 0 Å². The normalized spacial score (nSPS) is 13.1. The lowest BCUT2D eigenvalue weighted by molar-refractivity contribution is -0.167. The van der Waals surface area contributed by atoms with E-state index in [0.717, 1.165) is 173 Å². The minimum absolute atomic E-state index is 0.0959. The average molecular weight is 1120 g/mol. The van der Waals surface area contributed by atoms with E-state index < -0.39 is 6.10 Å². The fourth-order valence-corrected chi connectivity index (χ4v) is 8.95. The molecule has 1 atom stereocenters. The molecular weight excluding hydrogens is 997 g/mol. The molecule has 81 heavy (non-hydrogen) atoms. The Balaban J connectivity index is 4.38. The molecule has 0 saturated carbocycles. The summed E-state index contributed by atoms with van der Waals surface area (Å²) in [6.45, 7) is 6.28. The molecule has 0 spiro atoms. The van der Waals surface area contributed by atoms with Gasteiger partial charge in [-0.1, -0.05) is 282 Å². The number of hydrogen-bond donors (Lipinski definition) is 0. The van der Waals surface area contributed by atoms with Crippen LogP contribution in [-0.2, 0) is 28.6 Å². The SMILES string of the molecule is CC/C=C\C/C=C\C/C=C\C/C=C\C/C=C\CCCCCCCC(=O)OC(COC(=O)CCCCCCC/C=C\C/C=C\C/C=C\CC)COC(=O)CCCCCCCCCCCCCCCC/C=C\C/C=C\C/C=C\C/C=C\CC. The van der Waals surface area contributed by atoms with Gasteiger partial charge in [-0.3, -0.25) is 14.4 Å². The molecule has 0 saturated heterocycles. The van der Waals surface area contributed by atoms with Crippen molar-refractivity contribution in [2.24, 2.45) is 0 Å². The quantitative estimate of drug-likeness (QED) is 0.0261. The van der Waals surface area contributed by atoms with Crippen LogP contribution in [0.4, 0.5) is 0 Å². The Morgan fingerprint density at radius 1 is 0.247 bits per heavy atom. The van der Waals surface area contributed by atoms with Gasteiger partial charge in [0.05, 0.1) is 0 Å². The monoisotopic (exact) mass is 1120 g/mol. The zero-order valence-corrected chi connectivity index (χ0v) is 52.5. The summed E-state index contributed by atoms with van der Waals surface area (Å²) in [5.41, 5.74) is 0. The lowest BCUT2D eigenvalue weighted by Crippen LogP contribution is -2.30. The van der Waals surface area contributed by atoms with Crippen molar-refractivity contribution in [2.75, 3.05) is 13.2 Å². The van der Waals surface area contributed by atoms with Gasteiger partial charge in [0.1, 0.15) is 13.2 Å². The van der Waals surface area contributed by atoms with E-state index in [0.29, 0.717) is 19.3 Å². The number of rotatable bonds is 59. The number of esters is 3. The molecule has 0 aliphatic rings. The number of unbranched alkanes of at least 4 members (excludes halogenated alkanes) is 24. The van der Waals surface area contributed by atoms with Gasteiger partial charge in [0.25, 0.3) is 0 Å². The van der Waals surface area contributed by atoms with Crippen molar-refractivity contribution in [2.45, 2.75) is 297 Å². The van der Waals surface area contributed by atoms with Gasteiger partial charge in [-0.15, -0.1) is 0 Å². The van der Waals surface area contributed by atoms with Crippen LogP contribution in [0.5, 0.6) is 0 Å². The predicted octanol–water partition coefficient (Wildman–Crippen LogP) is 23.1. The third kappa shape index (κ3) is 66.0. The van der Waals surface area contributed by atoms with Gasteiger partial charge in [0.2, 0.25) is 0 Å². The van der Waals surface area contributed by atoms with Crippen molar-refractivity contribution < 1.29 is 28.6 Å². The Kier molecular flexibility index (Phi) is 63.9. The fraction of sp³-hybridized carbons (Fsp3) is 0.640. The molecule has 0 N–H and O–H groups in total. The molecule has 0 aliphatic carbocycles. The molecule has 0 rings (SSSR count). The summed E-state index contributed by atoms with van der Waals surface area (Å²) in [4.78, 5) is 38.4. The van der Waals surface area contributed by atoms with Crippen molar-refractivity contribution in [3.05, 3.63) is 146 Å². The van der Waals surface area contributed by atoms with Gasteiger partial charge in [-0.2, -0.15) is 0 Å². The van der Waals surface area contributed by atoms with E-state index in [1.54, 1.807) is 0 Å². The predicted molar refractivity (Wildman–Crippen MR) is 352 cm³/mol. The molecule has 6 heteroatoms. The molecule has 0 aromatic carbocycles. The summed E-state index contributed by atoms with van der Waals surface area (Å²) in [6.07, 6.45) is 97.1. The lowest BCUT2D eigenvalue weighted by Gasteiger charge is -2.18. The first kappa shape index (κ1) is 76.3. The number of carbonyl (C=O) groups is 3. The zero-order valence-electron chi connectivity index (χ0n) is 52.5. The summed E-state index contributed by atoms with van der Waals surface area (Å²) >= 11 is 0. The first-order chi connectivity index (χ1) is 40.0. The Bertz CT molecular complexity index is 1760. The maximum atomic E-state index is 12.9. The second kappa shape index (κ2) is 67.8. The van der Waals surface area contributed by atoms with Crippen LogP contribution in [0.15, 0.2) is 146 Å². The summed E-state index contributed by atoms with van der Waals surface area (Å²) in [5, 5.41) is 0. The molecule has 0 aromatic heterocycles. The second-order valence-corrected chi connectivity index (χ2v) is 21.6. The van der Waals surface area contributed by atoms with Gasteiger partial charge in [-0.05, 0) is 135 Å². The van der Waals surface area contributed by atoms with Crippen molar-refractivity contribution in [3.8, 4) is 0 Å². The summed E-state index contributed by atoms with van der Waals surface area (Å²) in [5.74, 6) is -0.930. The Hall–Kier alpha value is -4.71. The van der Waals surface area contributed by atoms with E-state index in [-0.39, 0.29) is 31.1 Å². The summed E-state index contributed by atoms with van der Waals surface area (Å²) in [7, 11) is 0. The number of carbonyl (C=O) groups excluding carboxylic acids is 3. The van der Waals surface area contributed by atoms with Crippen LogP contribution >= 0.6 is 0 Å². The topological polar surface area (TPSA) is 78.9 Å². The van der Waals surface area contributed by atoms with Gasteiger partial charge in [0, 0.05) is 19.3 Å². The first-order valence-corrected chi connectivity index (χ1v) is 33.3. The first-order valence-electron chi connectivity index (χ1n) is 33.3. The van der Waals surface area contributed by atoms with Gasteiger partial charge in [-0.25, -0.2) is 0 Å². The van der Waals surface area contributed by atoms with Crippen molar-refractivity contribution in [1.82, 2.24) is 0 Å². The van der Waals surface area contributed by atoms with Crippen LogP contribution in [0.3, 0.4) is 0 Å². The highest BCUT2D eigenvalue weighted by atomic mass is 16.6. The molecule has 0 aromatic rings. The van der Waals surface area contributed by atoms with Crippen LogP contribution in [-0.4, -0.2) is 37.2 Å². The molecular formula is C75H122O6. The van der Waals surface area contributed by atoms with E-state index in [1.807, 2.05) is 0 Å². The highest BCUT2D eigenvalue weighted by molar-refractivity contribution is 5.71. The third-order valence-electron chi connectivity index (χ3n) is 13.8. The van der Waals surface area contributed by atoms with Crippen LogP contribution in [0.25, 0.3) is 0 Å². The molecule has 6 nitrogen and oxygen atoms in total. The van der Waals surface area contributed by atoms with Crippen molar-refractivity contribution in [3.63, 3.8) is 0 Å². The average Bonchev–Trinajstić information content (AvgIpc) is 3.47. The van der Waals surface area contributed by atoms with Gasteiger partial charge >= 0.3 is 17.9 Å². The minimum atomic E-state index is -0.803. The molecule has 0 radical (unpaired) electrons. The molecule has 0 aliphatic heterocycles. The van der Waals surface area contributed by atoms with E-state index in [2.05, 4.69) is 167 Å². The highest BCUT2D eigenvalue weighted by Crippen LogP contribution is 2.16. The fourth-order valence-electron chi connectivity index (χ4n) is 8.95. The Morgan fingerprint density at radius 3 is 0.691 bits per heavy atom. The smallest absolute Gasteiger partial charge is 0.306 e. The van der Waals surface area contributed by atoms with Gasteiger partial charge < -0.3 is 14.2 Å². The van der Waals surface area contributed by atoms with Gasteiger partial charge in [0.15, 0.2) is 6.10 Å². The Labute approximate surface area is 499 Å². The summed E-state index contributed by atoms with van der Waals surface area (Å²) < 4.78 is 16.9. The second-order valence-electron chi connectivity index (χ2n) is 21.6. The highest BCUT2D eigenvalue weighted by Gasteiger charge is 2.19. The van der Waals surface area contributed by atoms with Crippen LogP contribution < -0.4 is 0 Å². The van der Waals surface area contributed by atoms with Crippen LogP contribution in [0, 0.1) is 0 Å². The molecule has 0 heterocycles. The summed E-state index contributed by atoms with van der Waals surface area (Å²) in [6, 6.07) is 0. The molecule has 0 amide bonds. The van der Waals surface area contributed by atoms with Crippen molar-refractivity contribution >= 4 is 17.9 Å². The minimum Gasteiger partial charge on any atom is -0.462 e. The zero-order chi connectivity index (χ0) is 58.5. The van der Waals surface area contributed by atoms with E-state index in [4.69, 9.17) is 14.2 Å². The number of hydrogen-bond acceptors (Lipinski definition) is 6. The number of allylic oxidation sites excluding steroid dienone is 24. The van der Waals surface area contributed by atoms with Crippen molar-refractivity contribution in [1.29, 1.82) is 0 Å². The maximum Gasteiger partial charge on any atom is 0.306 e. The molecule has 458 valence electrons. The molecule has 0 bridgehead atoms. The molecule has 1 unspecified atom stereocenters. The largest absolute Gasteiger partial charge is 0.462 e. The standard InChI is InChI=1S/C75H122O6/c1-4-7-10-13-16-19-22-25-28-30-32-34-35-36-37-38-39-41-42-44-47-50-53-56-59-62-65-68-74(77)80-71-72(70-79-73(76)67-64-61-58-55-52-49-46-27-24-21-18-15-12-9-6-3)81-75(78)69-66-63-60-57-54-51-48-45-43-40-33-31-29-26-23-20-17-14-11-8-5-2/h7-12,16-21,25-29,32-34,40,45-46,48,72H,4-6,13-15,22-24,30-31,35-39,41-44,47,49-71H2,1-3H3/b10-7-,11-8-,12-9-,19-16-,20-17-,21-18-,28-25-,29-26-,34-32-,40-33-,46-27-,48-45-. The van der Waals surface area contributed by atoms with Crippen LogP contribution in [0.2, 0.25) is 0 Å². The van der Waals surface area contributed by atoms with E-state index in [9.17, 15) is 14.4 Å². The number of ether oxygens (including phenoxy) is 3. The maximum absolute atomic E-state index is 12.9. The third-order valence-corrected chi connectivity index (χ3v) is 13.8. The Morgan fingerprint density at radius 2 is 0.444 bits per heavy atom. The molecule has 0 fully saturated rings. The lowest BCUT2D eigenvalue weighted by atomic mass is 10.0. The van der Waals surface area contributed by atoms with E-state index in [1.165, 1.54) is 77.0 Å².